The highest BCUT2D eigenvalue weighted by atomic mass is 16.6. The molecule has 6 aliphatic rings. The Labute approximate surface area is 503 Å². The van der Waals surface area contributed by atoms with E-state index in [0.717, 1.165) is 30.3 Å². The van der Waals surface area contributed by atoms with Gasteiger partial charge in [0.05, 0.1) is 37.6 Å². The van der Waals surface area contributed by atoms with Gasteiger partial charge in [-0.3, -0.25) is 0 Å². The lowest BCUT2D eigenvalue weighted by Gasteiger charge is -2.45. The predicted octanol–water partition coefficient (Wildman–Crippen LogP) is 17.7. The van der Waals surface area contributed by atoms with Gasteiger partial charge < -0.3 is 33.5 Å². The van der Waals surface area contributed by atoms with Crippen LogP contribution in [0.5, 0.6) is 11.5 Å². The van der Waals surface area contributed by atoms with Gasteiger partial charge in [0.2, 0.25) is 0 Å². The Morgan fingerprint density at radius 1 is 0.369 bits per heavy atom. The van der Waals surface area contributed by atoms with Gasteiger partial charge in [-0.05, 0) is 183 Å². The van der Waals surface area contributed by atoms with Gasteiger partial charge in [0.15, 0.2) is 0 Å². The Morgan fingerprint density at radius 2 is 0.679 bits per heavy atom. The Hall–Kier alpha value is -5.28. The maximum Gasteiger partial charge on any atom is 0.119 e. The summed E-state index contributed by atoms with van der Waals surface area (Å²) in [7, 11) is 0. The van der Waals surface area contributed by atoms with Crippen molar-refractivity contribution in [2.24, 2.45) is 11.8 Å². The van der Waals surface area contributed by atoms with Crippen molar-refractivity contribution in [2.45, 2.75) is 208 Å². The molecule has 84 heavy (non-hydrogen) atoms. The summed E-state index contributed by atoms with van der Waals surface area (Å²) in [6, 6.07) is 56.2. The third-order valence-electron chi connectivity index (χ3n) is 21.0. The molecule has 0 amide bonds. The smallest absolute Gasteiger partial charge is 0.119 e. The summed E-state index contributed by atoms with van der Waals surface area (Å²) in [5.41, 5.74) is 11.4. The summed E-state index contributed by atoms with van der Waals surface area (Å²) >= 11 is 0. The minimum Gasteiger partial charge on any atom is -0.491 e. The van der Waals surface area contributed by atoms with Gasteiger partial charge in [0.1, 0.15) is 43.0 Å². The lowest BCUT2D eigenvalue weighted by molar-refractivity contribution is -0.0717. The number of aliphatic hydroxyl groups is 1. The van der Waals surface area contributed by atoms with E-state index in [9.17, 15) is 5.11 Å². The maximum absolute atomic E-state index is 11.6. The number of epoxide rings is 2. The largest absolute Gasteiger partial charge is 0.491 e. The van der Waals surface area contributed by atoms with Crippen LogP contribution in [0, 0.1) is 11.8 Å². The molecule has 2 saturated heterocycles. The number of aliphatic hydroxyl groups excluding tert-OH is 1. The fraction of sp³-hybridized carbons (Fsp3) is 0.532. The first-order chi connectivity index (χ1) is 41.0. The van der Waals surface area contributed by atoms with Crippen molar-refractivity contribution in [1.82, 2.24) is 0 Å². The highest BCUT2D eigenvalue weighted by Crippen LogP contribution is 2.54. The molecule has 7 heteroatoms. The molecule has 1 N–H and O–H groups in total. The third kappa shape index (κ3) is 13.2. The van der Waals surface area contributed by atoms with Gasteiger partial charge in [0.25, 0.3) is 0 Å². The van der Waals surface area contributed by atoms with E-state index in [1.54, 1.807) is 0 Å². The third-order valence-corrected chi connectivity index (χ3v) is 21.0. The molecule has 6 aromatic carbocycles. The molecule has 2 aliphatic heterocycles. The number of rotatable bonds is 24. The highest BCUT2D eigenvalue weighted by Gasteiger charge is 2.46. The minimum absolute atomic E-state index is 0.124. The van der Waals surface area contributed by atoms with Crippen LogP contribution in [0.4, 0.5) is 0 Å². The van der Waals surface area contributed by atoms with E-state index in [0.29, 0.717) is 36.9 Å². The molecule has 4 aliphatic carbocycles. The first-order valence-corrected chi connectivity index (χ1v) is 33.1. The lowest BCUT2D eigenvalue weighted by atomic mass is 9.58. The molecule has 6 fully saturated rings. The molecule has 446 valence electrons. The molecule has 5 atom stereocenters. The molecule has 4 saturated carbocycles. The SMILES string of the molecule is CC(C)(OCC(O)COc1ccc(C(c2ccc(C3CCCCC3)cc2)(c2ccc(C(C)(C)OCC3CO3)cc2)C2CCCCC2)cc1)c1ccc(C(c2ccc(OCC3CO3)cc2)(c2ccc(C3CCCCC3)cc2)C2CCCCC2)cc1. The molecule has 5 unspecified atom stereocenters. The van der Waals surface area contributed by atoms with E-state index in [1.165, 1.54) is 178 Å². The van der Waals surface area contributed by atoms with Crippen molar-refractivity contribution in [1.29, 1.82) is 0 Å². The average Bonchev–Trinajstić information content (AvgIpc) is 1.63. The first kappa shape index (κ1) is 59.1. The maximum atomic E-state index is 11.6. The van der Waals surface area contributed by atoms with Crippen molar-refractivity contribution in [2.75, 3.05) is 39.6 Å². The first-order valence-electron chi connectivity index (χ1n) is 33.1. The number of hydrogen-bond donors (Lipinski definition) is 1. The van der Waals surface area contributed by atoms with Crippen molar-refractivity contribution in [3.8, 4) is 11.5 Å². The van der Waals surface area contributed by atoms with E-state index in [4.69, 9.17) is 28.4 Å². The Bertz CT molecular complexity index is 2990. The second-order valence-corrected chi connectivity index (χ2v) is 27.2. The normalized spacial score (nSPS) is 22.2. The number of hydrogen-bond acceptors (Lipinski definition) is 7. The molecular formula is C77H96O7. The van der Waals surface area contributed by atoms with E-state index in [-0.39, 0.29) is 36.3 Å². The molecule has 0 bridgehead atoms. The molecule has 0 aromatic heterocycles. The van der Waals surface area contributed by atoms with Crippen LogP contribution in [-0.2, 0) is 41.0 Å². The fourth-order valence-electron chi connectivity index (χ4n) is 15.8. The molecule has 0 radical (unpaired) electrons. The van der Waals surface area contributed by atoms with Gasteiger partial charge in [-0.15, -0.1) is 0 Å². The van der Waals surface area contributed by atoms with Crippen LogP contribution in [0.3, 0.4) is 0 Å². The molecule has 7 nitrogen and oxygen atoms in total. The molecule has 0 spiro atoms. The van der Waals surface area contributed by atoms with Crippen LogP contribution < -0.4 is 9.47 Å². The number of benzene rings is 6. The zero-order valence-electron chi connectivity index (χ0n) is 51.2. The van der Waals surface area contributed by atoms with E-state index >= 15 is 0 Å². The lowest BCUT2D eigenvalue weighted by Crippen LogP contribution is -2.39. The predicted molar refractivity (Wildman–Crippen MR) is 338 cm³/mol. The van der Waals surface area contributed by atoms with Crippen LogP contribution in [0.25, 0.3) is 0 Å². The van der Waals surface area contributed by atoms with Gasteiger partial charge in [-0.2, -0.15) is 0 Å². The summed E-state index contributed by atoms with van der Waals surface area (Å²) in [6.45, 7) is 11.6. The Balaban J connectivity index is 0.770. The van der Waals surface area contributed by atoms with Gasteiger partial charge >= 0.3 is 0 Å². The van der Waals surface area contributed by atoms with Crippen LogP contribution in [0.2, 0.25) is 0 Å². The van der Waals surface area contributed by atoms with Crippen molar-refractivity contribution < 1.29 is 33.5 Å². The van der Waals surface area contributed by atoms with Crippen LogP contribution in [0.15, 0.2) is 146 Å². The molecule has 12 rings (SSSR count). The number of ether oxygens (including phenoxy) is 6. The fourth-order valence-corrected chi connectivity index (χ4v) is 15.8. The van der Waals surface area contributed by atoms with E-state index in [2.05, 4.69) is 173 Å². The molecule has 6 aromatic rings. The zero-order valence-corrected chi connectivity index (χ0v) is 51.2. The summed E-state index contributed by atoms with van der Waals surface area (Å²) in [5.74, 6) is 3.79. The van der Waals surface area contributed by atoms with E-state index in [1.807, 2.05) is 0 Å². The average molecular weight is 1130 g/mol. The van der Waals surface area contributed by atoms with Crippen LogP contribution >= 0.6 is 0 Å². The summed E-state index contributed by atoms with van der Waals surface area (Å²) in [5, 5.41) is 11.6. The van der Waals surface area contributed by atoms with Gasteiger partial charge in [-0.1, -0.05) is 198 Å². The van der Waals surface area contributed by atoms with Crippen molar-refractivity contribution in [3.05, 3.63) is 201 Å². The minimum atomic E-state index is -0.824. The monoisotopic (exact) mass is 1130 g/mol. The highest BCUT2D eigenvalue weighted by molar-refractivity contribution is 5.56. The van der Waals surface area contributed by atoms with E-state index < -0.39 is 17.3 Å². The second kappa shape index (κ2) is 26.4. The molecule has 2 heterocycles. The van der Waals surface area contributed by atoms with Crippen molar-refractivity contribution in [3.63, 3.8) is 0 Å². The Morgan fingerprint density at radius 3 is 1.06 bits per heavy atom. The second-order valence-electron chi connectivity index (χ2n) is 27.2. The topological polar surface area (TPSA) is 82.2 Å². The van der Waals surface area contributed by atoms with Crippen LogP contribution in [-0.4, -0.2) is 63.1 Å². The zero-order chi connectivity index (χ0) is 57.6. The summed E-state index contributed by atoms with van der Waals surface area (Å²) in [4.78, 5) is 0. The summed E-state index contributed by atoms with van der Waals surface area (Å²) < 4.78 is 36.7. The standard InChI is InChI=1S/C77H96O7/c1-74(2,59-33-37-65(38-34-59)77(62-23-15-8-16-24-62,68-43-47-71(48-44-68)80-51-72-52-81-72)64-31-27-58(28-32-64)56-19-11-6-12-20-56)83-50-69(78)49-79-70-45-41-67(42-46-70)76(61-21-13-7-14-22-61,63-29-25-57(26-30-63)55-17-9-5-10-18-55)66-39-35-60(36-40-66)75(3,4)84-54-73-53-82-73/h25-48,55-56,61-62,69,72-73,78H,5-24,49-54H2,1-4H3. The quantitative estimate of drug-likeness (QED) is 0.0478. The van der Waals surface area contributed by atoms with Crippen LogP contribution in [0.1, 0.15) is 224 Å². The summed E-state index contributed by atoms with van der Waals surface area (Å²) in [6.07, 6.45) is 25.0. The molecular weight excluding hydrogens is 1040 g/mol. The van der Waals surface area contributed by atoms with Crippen molar-refractivity contribution >= 4 is 0 Å². The Kier molecular flexibility index (Phi) is 18.5. The van der Waals surface area contributed by atoms with Gasteiger partial charge in [0, 0.05) is 10.8 Å². The van der Waals surface area contributed by atoms with Gasteiger partial charge in [-0.25, -0.2) is 0 Å².